The summed E-state index contributed by atoms with van der Waals surface area (Å²) in [4.78, 5) is 6.52. The van der Waals surface area contributed by atoms with Gasteiger partial charge in [0, 0.05) is 25.8 Å². The molecule has 0 saturated carbocycles. The topological polar surface area (TPSA) is 71.5 Å². The van der Waals surface area contributed by atoms with Gasteiger partial charge >= 0.3 is 0 Å². The molecule has 0 aliphatic carbocycles. The van der Waals surface area contributed by atoms with E-state index < -0.39 is 15.8 Å². The Hall–Kier alpha value is -2.03. The first-order valence-corrected chi connectivity index (χ1v) is 9.06. The van der Waals surface area contributed by atoms with Crippen LogP contribution in [0.15, 0.2) is 47.5 Å². The van der Waals surface area contributed by atoms with Crippen molar-refractivity contribution in [3.8, 4) is 0 Å². The lowest BCUT2D eigenvalue weighted by molar-refractivity contribution is 0.122. The van der Waals surface area contributed by atoms with Gasteiger partial charge in [-0.3, -0.25) is 0 Å². The molecule has 0 amide bonds. The second-order valence-corrected chi connectivity index (χ2v) is 7.17. The highest BCUT2D eigenvalue weighted by Crippen LogP contribution is 2.14. The highest BCUT2D eigenvalue weighted by Gasteiger charge is 2.15. The van der Waals surface area contributed by atoms with Crippen LogP contribution in [0.5, 0.6) is 0 Å². The van der Waals surface area contributed by atoms with Crippen molar-refractivity contribution in [2.75, 3.05) is 31.2 Å². The molecule has 6 nitrogen and oxygen atoms in total. The largest absolute Gasteiger partial charge is 0.378 e. The second-order valence-electron chi connectivity index (χ2n) is 5.40. The maximum Gasteiger partial charge on any atom is 0.240 e. The van der Waals surface area contributed by atoms with Gasteiger partial charge in [0.05, 0.1) is 18.1 Å². The first kappa shape index (κ1) is 16.8. The Morgan fingerprint density at radius 2 is 1.83 bits per heavy atom. The molecule has 1 aromatic carbocycles. The number of hydrogen-bond acceptors (Lipinski definition) is 5. The molecule has 24 heavy (non-hydrogen) atoms. The summed E-state index contributed by atoms with van der Waals surface area (Å²) >= 11 is 0. The van der Waals surface area contributed by atoms with Crippen LogP contribution in [0.3, 0.4) is 0 Å². The molecule has 128 valence electrons. The number of pyridine rings is 1. The number of ether oxygens (including phenoxy) is 1. The van der Waals surface area contributed by atoms with Crippen molar-refractivity contribution in [3.63, 3.8) is 0 Å². The molecule has 1 saturated heterocycles. The number of hydrogen-bond donors (Lipinski definition) is 1. The fourth-order valence-electron chi connectivity index (χ4n) is 2.38. The first-order valence-electron chi connectivity index (χ1n) is 7.57. The third kappa shape index (κ3) is 4.08. The van der Waals surface area contributed by atoms with E-state index >= 15 is 0 Å². The Labute approximate surface area is 140 Å². The van der Waals surface area contributed by atoms with Crippen molar-refractivity contribution in [2.24, 2.45) is 0 Å². The van der Waals surface area contributed by atoms with Crippen LogP contribution in [-0.4, -0.2) is 39.7 Å². The van der Waals surface area contributed by atoms with Crippen LogP contribution >= 0.6 is 0 Å². The van der Waals surface area contributed by atoms with Gasteiger partial charge in [-0.25, -0.2) is 22.5 Å². The zero-order valence-corrected chi connectivity index (χ0v) is 13.8. The molecule has 8 heteroatoms. The standard InChI is InChI=1S/C16H18FN3O3S/c17-14-2-4-15(5-3-14)24(21,22)19-12-13-1-6-16(18-11-13)20-7-9-23-10-8-20/h1-6,11,19H,7-10,12H2. The van der Waals surface area contributed by atoms with E-state index in [9.17, 15) is 12.8 Å². The van der Waals surface area contributed by atoms with Gasteiger partial charge < -0.3 is 9.64 Å². The van der Waals surface area contributed by atoms with Crippen molar-refractivity contribution in [1.29, 1.82) is 0 Å². The first-order chi connectivity index (χ1) is 11.5. The number of halogens is 1. The predicted molar refractivity (Wildman–Crippen MR) is 87.7 cm³/mol. The van der Waals surface area contributed by atoms with Crippen LogP contribution in [-0.2, 0) is 21.3 Å². The minimum atomic E-state index is -3.68. The van der Waals surface area contributed by atoms with Crippen LogP contribution in [0.2, 0.25) is 0 Å². The van der Waals surface area contributed by atoms with E-state index in [1.165, 1.54) is 12.1 Å². The van der Waals surface area contributed by atoms with Gasteiger partial charge in [-0.1, -0.05) is 6.07 Å². The Morgan fingerprint density at radius 1 is 1.12 bits per heavy atom. The fraction of sp³-hybridized carbons (Fsp3) is 0.312. The Bertz CT molecular complexity index is 773. The van der Waals surface area contributed by atoms with Crippen LogP contribution in [0.4, 0.5) is 10.2 Å². The third-order valence-electron chi connectivity index (χ3n) is 3.73. The van der Waals surface area contributed by atoms with Crippen molar-refractivity contribution in [2.45, 2.75) is 11.4 Å². The molecule has 0 spiro atoms. The lowest BCUT2D eigenvalue weighted by Gasteiger charge is -2.27. The van der Waals surface area contributed by atoms with Gasteiger partial charge in [-0.2, -0.15) is 0 Å². The van der Waals surface area contributed by atoms with E-state index in [1.807, 2.05) is 12.1 Å². The number of sulfonamides is 1. The van der Waals surface area contributed by atoms with Crippen LogP contribution in [0.1, 0.15) is 5.56 Å². The SMILES string of the molecule is O=S(=O)(NCc1ccc(N2CCOCC2)nc1)c1ccc(F)cc1. The highest BCUT2D eigenvalue weighted by molar-refractivity contribution is 7.89. The number of nitrogens with one attached hydrogen (secondary N) is 1. The Kier molecular flexibility index (Phi) is 5.08. The molecule has 1 fully saturated rings. The molecule has 1 N–H and O–H groups in total. The molecule has 2 heterocycles. The fourth-order valence-corrected chi connectivity index (χ4v) is 3.39. The van der Waals surface area contributed by atoms with Crippen molar-refractivity contribution < 1.29 is 17.5 Å². The molecule has 0 radical (unpaired) electrons. The van der Waals surface area contributed by atoms with E-state index in [0.29, 0.717) is 13.2 Å². The number of benzene rings is 1. The molecular weight excluding hydrogens is 333 g/mol. The van der Waals surface area contributed by atoms with E-state index in [-0.39, 0.29) is 11.4 Å². The highest BCUT2D eigenvalue weighted by atomic mass is 32.2. The van der Waals surface area contributed by atoms with Gasteiger partial charge in [0.15, 0.2) is 0 Å². The van der Waals surface area contributed by atoms with Gasteiger partial charge in [-0.15, -0.1) is 0 Å². The van der Waals surface area contributed by atoms with Crippen LogP contribution in [0, 0.1) is 5.82 Å². The van der Waals surface area contributed by atoms with Crippen molar-refractivity contribution >= 4 is 15.8 Å². The number of rotatable bonds is 5. The maximum atomic E-state index is 12.9. The zero-order chi connectivity index (χ0) is 17.0. The molecule has 1 aliphatic heterocycles. The average Bonchev–Trinajstić information content (AvgIpc) is 2.62. The van der Waals surface area contributed by atoms with Gasteiger partial charge in [0.1, 0.15) is 11.6 Å². The summed E-state index contributed by atoms with van der Waals surface area (Å²) in [6, 6.07) is 8.41. The van der Waals surface area contributed by atoms with Gasteiger partial charge in [0.25, 0.3) is 0 Å². The van der Waals surface area contributed by atoms with Crippen molar-refractivity contribution in [1.82, 2.24) is 9.71 Å². The molecular formula is C16H18FN3O3S. The number of aromatic nitrogens is 1. The summed E-state index contributed by atoms with van der Waals surface area (Å²) in [5.41, 5.74) is 0.748. The van der Waals surface area contributed by atoms with Crippen LogP contribution < -0.4 is 9.62 Å². The summed E-state index contributed by atoms with van der Waals surface area (Å²) in [5, 5.41) is 0. The molecule has 1 aliphatic rings. The van der Waals surface area contributed by atoms with Gasteiger partial charge in [0.2, 0.25) is 10.0 Å². The Morgan fingerprint density at radius 3 is 2.46 bits per heavy atom. The minimum Gasteiger partial charge on any atom is -0.378 e. The maximum absolute atomic E-state index is 12.9. The molecule has 1 aromatic heterocycles. The molecule has 2 aromatic rings. The summed E-state index contributed by atoms with van der Waals surface area (Å²) in [7, 11) is -3.68. The monoisotopic (exact) mass is 351 g/mol. The summed E-state index contributed by atoms with van der Waals surface area (Å²) in [5.74, 6) is 0.375. The normalized spacial score (nSPS) is 15.5. The van der Waals surface area contributed by atoms with Crippen LogP contribution in [0.25, 0.3) is 0 Å². The summed E-state index contributed by atoms with van der Waals surface area (Å²) in [6.07, 6.45) is 1.65. The number of nitrogens with zero attached hydrogens (tertiary/aromatic N) is 2. The second kappa shape index (κ2) is 7.25. The third-order valence-corrected chi connectivity index (χ3v) is 5.15. The van der Waals surface area contributed by atoms with Gasteiger partial charge in [-0.05, 0) is 35.9 Å². The van der Waals surface area contributed by atoms with E-state index in [4.69, 9.17) is 4.74 Å². The summed E-state index contributed by atoms with van der Waals surface area (Å²) in [6.45, 7) is 3.07. The van der Waals surface area contributed by atoms with E-state index in [0.717, 1.165) is 36.6 Å². The quantitative estimate of drug-likeness (QED) is 0.885. The lowest BCUT2D eigenvalue weighted by atomic mass is 10.3. The van der Waals surface area contributed by atoms with E-state index in [1.54, 1.807) is 6.20 Å². The van der Waals surface area contributed by atoms with E-state index in [2.05, 4.69) is 14.6 Å². The Balaban J connectivity index is 1.62. The lowest BCUT2D eigenvalue weighted by Crippen LogP contribution is -2.36. The smallest absolute Gasteiger partial charge is 0.240 e. The number of morpholine rings is 1. The zero-order valence-electron chi connectivity index (χ0n) is 13.0. The molecule has 3 rings (SSSR count). The van der Waals surface area contributed by atoms with Crippen molar-refractivity contribution in [3.05, 3.63) is 54.0 Å². The molecule has 0 atom stereocenters. The molecule has 0 unspecified atom stereocenters. The molecule has 0 bridgehead atoms. The predicted octanol–water partition coefficient (Wildman–Crippen LogP) is 1.54. The average molecular weight is 351 g/mol. The number of anilines is 1. The summed E-state index contributed by atoms with van der Waals surface area (Å²) < 4.78 is 45.0. The minimum absolute atomic E-state index is 0.0294.